The van der Waals surface area contributed by atoms with Crippen molar-refractivity contribution in [2.75, 3.05) is 11.9 Å². The van der Waals surface area contributed by atoms with Crippen molar-refractivity contribution in [1.29, 1.82) is 0 Å². The van der Waals surface area contributed by atoms with Crippen LogP contribution in [0.5, 0.6) is 0 Å². The quantitative estimate of drug-likeness (QED) is 0.143. The Kier molecular flexibility index (Phi) is 7.01. The van der Waals surface area contributed by atoms with Crippen LogP contribution >= 0.6 is 31.9 Å². The van der Waals surface area contributed by atoms with Crippen LogP contribution in [-0.2, 0) is 5.41 Å². The zero-order valence-electron chi connectivity index (χ0n) is 21.1. The number of aryl methyl sites for hydroxylation is 1. The molecular formula is C30H27Br2N5. The van der Waals surface area contributed by atoms with Gasteiger partial charge in [0.2, 0.25) is 0 Å². The molecule has 3 aromatic carbocycles. The van der Waals surface area contributed by atoms with E-state index in [2.05, 4.69) is 98.5 Å². The smallest absolute Gasteiger partial charge is 0.173 e. The first kappa shape index (κ1) is 25.4. The highest BCUT2D eigenvalue weighted by atomic mass is 79.9. The number of pyridine rings is 1. The molecule has 1 aliphatic rings. The van der Waals surface area contributed by atoms with E-state index in [0.29, 0.717) is 11.5 Å². The number of aliphatic imine (C=N–C) groups is 1. The van der Waals surface area contributed by atoms with Gasteiger partial charge < -0.3 is 4.90 Å². The monoisotopic (exact) mass is 615 g/mol. The zero-order chi connectivity index (χ0) is 26.2. The fourth-order valence-corrected chi connectivity index (χ4v) is 6.35. The second-order valence-electron chi connectivity index (χ2n) is 9.57. The highest BCUT2D eigenvalue weighted by Crippen LogP contribution is 2.46. The van der Waals surface area contributed by atoms with E-state index in [1.807, 2.05) is 55.5 Å². The highest BCUT2D eigenvalue weighted by Gasteiger charge is 2.37. The van der Waals surface area contributed by atoms with Crippen LogP contribution in [0.4, 0.5) is 11.4 Å². The number of fused-ring (bicyclic) bond motifs is 2. The number of hydrazone groups is 1. The zero-order valence-corrected chi connectivity index (χ0v) is 24.3. The molecule has 0 radical (unpaired) electrons. The third kappa shape index (κ3) is 4.98. The van der Waals surface area contributed by atoms with E-state index in [4.69, 9.17) is 9.98 Å². The lowest BCUT2D eigenvalue weighted by Crippen LogP contribution is -2.23. The minimum absolute atomic E-state index is 0.119. The Morgan fingerprint density at radius 3 is 2.43 bits per heavy atom. The molecule has 0 amide bonds. The van der Waals surface area contributed by atoms with Gasteiger partial charge in [-0.25, -0.2) is 9.98 Å². The van der Waals surface area contributed by atoms with Crippen LogP contribution in [0.2, 0.25) is 0 Å². The number of hydrogen-bond acceptors (Lipinski definition) is 4. The van der Waals surface area contributed by atoms with Crippen LogP contribution in [0, 0.1) is 6.92 Å². The summed E-state index contributed by atoms with van der Waals surface area (Å²) in [4.78, 5) is 12.0. The molecule has 4 aromatic rings. The first-order valence-corrected chi connectivity index (χ1v) is 13.6. The number of nitrogens with one attached hydrogen (secondary N) is 1. The van der Waals surface area contributed by atoms with Crippen molar-refractivity contribution in [3.8, 4) is 0 Å². The summed E-state index contributed by atoms with van der Waals surface area (Å²) in [5.74, 6) is 0.549. The number of hydrogen-bond donors (Lipinski definition) is 1. The fraction of sp³-hybridized carbons (Fsp3) is 0.167. The van der Waals surface area contributed by atoms with E-state index in [9.17, 15) is 0 Å². The predicted octanol–water partition coefficient (Wildman–Crippen LogP) is 8.03. The van der Waals surface area contributed by atoms with Crippen molar-refractivity contribution in [3.05, 3.63) is 110 Å². The molecule has 0 saturated carbocycles. The van der Waals surface area contributed by atoms with E-state index in [0.717, 1.165) is 31.1 Å². The Morgan fingerprint density at radius 1 is 0.973 bits per heavy atom. The van der Waals surface area contributed by atoms with Crippen molar-refractivity contribution >= 4 is 66.2 Å². The normalized spacial score (nSPS) is 16.1. The SMILES string of the molecule is Cc1cc(Br)c(N=C(NN=CC=C2N(C)c3ccccc3C2(C)C)c2ccc3ccccc3n2)c(Br)c1. The maximum Gasteiger partial charge on any atom is 0.173 e. The standard InChI is InChI=1S/C30H27Br2N5/c1-19-17-22(31)28(23(32)18-19)35-29(25-14-13-20-9-5-7-11-24(20)34-25)36-33-16-15-27-30(2,3)21-10-6-8-12-26(21)37(27)4/h5-18H,1-4H3,(H,35,36). The third-order valence-electron chi connectivity index (χ3n) is 6.64. The molecule has 186 valence electrons. The number of para-hydroxylation sites is 2. The molecular weight excluding hydrogens is 590 g/mol. The van der Waals surface area contributed by atoms with E-state index in [-0.39, 0.29) is 5.41 Å². The summed E-state index contributed by atoms with van der Waals surface area (Å²) in [6.07, 6.45) is 3.84. The second kappa shape index (κ2) is 10.2. The van der Waals surface area contributed by atoms with Crippen LogP contribution in [0.3, 0.4) is 0 Å². The fourth-order valence-electron chi connectivity index (χ4n) is 4.76. The number of aromatic nitrogens is 1. The number of benzene rings is 3. The van der Waals surface area contributed by atoms with Gasteiger partial charge in [0.05, 0.1) is 11.2 Å². The lowest BCUT2D eigenvalue weighted by Gasteiger charge is -2.23. The second-order valence-corrected chi connectivity index (χ2v) is 11.3. The topological polar surface area (TPSA) is 52.9 Å². The lowest BCUT2D eigenvalue weighted by molar-refractivity contribution is 0.641. The molecule has 0 spiro atoms. The van der Waals surface area contributed by atoms with Crippen LogP contribution < -0.4 is 10.3 Å². The van der Waals surface area contributed by atoms with Gasteiger partial charge in [-0.05, 0) is 86.3 Å². The molecule has 1 aromatic heterocycles. The van der Waals surface area contributed by atoms with Gasteiger partial charge in [0.25, 0.3) is 0 Å². The summed E-state index contributed by atoms with van der Waals surface area (Å²) >= 11 is 7.32. The van der Waals surface area contributed by atoms with Gasteiger partial charge in [-0.3, -0.25) is 5.43 Å². The van der Waals surface area contributed by atoms with Crippen molar-refractivity contribution in [1.82, 2.24) is 10.4 Å². The van der Waals surface area contributed by atoms with Crippen molar-refractivity contribution in [2.45, 2.75) is 26.2 Å². The third-order valence-corrected chi connectivity index (χ3v) is 7.85. The minimum Gasteiger partial charge on any atom is -0.347 e. The van der Waals surface area contributed by atoms with Gasteiger partial charge >= 0.3 is 0 Å². The molecule has 5 nitrogen and oxygen atoms in total. The Balaban J connectivity index is 1.51. The van der Waals surface area contributed by atoms with E-state index in [1.165, 1.54) is 16.9 Å². The Hall–Kier alpha value is -3.29. The van der Waals surface area contributed by atoms with Crippen molar-refractivity contribution in [2.24, 2.45) is 10.1 Å². The molecule has 7 heteroatoms. The Morgan fingerprint density at radius 2 is 1.68 bits per heavy atom. The molecule has 37 heavy (non-hydrogen) atoms. The maximum atomic E-state index is 4.93. The lowest BCUT2D eigenvalue weighted by atomic mass is 9.84. The average molecular weight is 617 g/mol. The Bertz CT molecular complexity index is 1560. The minimum atomic E-state index is -0.119. The van der Waals surface area contributed by atoms with Gasteiger partial charge in [-0.2, -0.15) is 5.10 Å². The number of likely N-dealkylation sites (N-methyl/N-ethyl adjacent to an activating group) is 1. The first-order valence-electron chi connectivity index (χ1n) is 12.0. The number of halogens is 2. The number of amidine groups is 1. The van der Waals surface area contributed by atoms with Crippen LogP contribution in [0.1, 0.15) is 30.7 Å². The molecule has 1 N–H and O–H groups in total. The van der Waals surface area contributed by atoms with Gasteiger partial charge in [0.15, 0.2) is 5.84 Å². The number of anilines is 1. The van der Waals surface area contributed by atoms with Gasteiger partial charge in [-0.15, -0.1) is 0 Å². The summed E-state index contributed by atoms with van der Waals surface area (Å²) < 4.78 is 1.77. The molecule has 0 atom stereocenters. The molecule has 0 fully saturated rings. The predicted molar refractivity (Wildman–Crippen MR) is 162 cm³/mol. The van der Waals surface area contributed by atoms with E-state index in [1.54, 1.807) is 6.21 Å². The van der Waals surface area contributed by atoms with Crippen LogP contribution in [0.25, 0.3) is 10.9 Å². The van der Waals surface area contributed by atoms with Gasteiger partial charge in [-0.1, -0.05) is 56.3 Å². The van der Waals surface area contributed by atoms with Gasteiger partial charge in [0.1, 0.15) is 5.69 Å². The van der Waals surface area contributed by atoms with E-state index >= 15 is 0 Å². The molecule has 5 rings (SSSR count). The summed E-state index contributed by atoms with van der Waals surface area (Å²) in [7, 11) is 2.10. The summed E-state index contributed by atoms with van der Waals surface area (Å²) in [6.45, 7) is 6.52. The summed E-state index contributed by atoms with van der Waals surface area (Å²) in [6, 6.07) is 24.6. The molecule has 2 heterocycles. The average Bonchev–Trinajstić information content (AvgIpc) is 3.07. The van der Waals surface area contributed by atoms with E-state index < -0.39 is 0 Å². The Labute approximate surface area is 234 Å². The molecule has 0 aliphatic carbocycles. The number of allylic oxidation sites excluding steroid dienone is 2. The number of nitrogens with zero attached hydrogens (tertiary/aromatic N) is 4. The maximum absolute atomic E-state index is 4.93. The van der Waals surface area contributed by atoms with Crippen LogP contribution in [0.15, 0.2) is 104 Å². The number of rotatable bonds is 4. The molecule has 1 aliphatic heterocycles. The van der Waals surface area contributed by atoms with Gasteiger partial charge in [0, 0.05) is 44.4 Å². The van der Waals surface area contributed by atoms with Crippen molar-refractivity contribution < 1.29 is 0 Å². The summed E-state index contributed by atoms with van der Waals surface area (Å²) in [5.41, 5.74) is 10.2. The highest BCUT2D eigenvalue weighted by molar-refractivity contribution is 9.11. The first-order chi connectivity index (χ1) is 17.8. The molecule has 0 unspecified atom stereocenters. The van der Waals surface area contributed by atoms with Crippen LogP contribution in [-0.4, -0.2) is 24.1 Å². The van der Waals surface area contributed by atoms with Crippen molar-refractivity contribution in [3.63, 3.8) is 0 Å². The largest absolute Gasteiger partial charge is 0.347 e. The molecule has 0 saturated heterocycles. The molecule has 0 bridgehead atoms. The summed E-state index contributed by atoms with van der Waals surface area (Å²) in [5, 5.41) is 5.62.